The molecule has 0 radical (unpaired) electrons. The van der Waals surface area contributed by atoms with Crippen molar-refractivity contribution in [3.63, 3.8) is 0 Å². The van der Waals surface area contributed by atoms with Crippen LogP contribution in [0.1, 0.15) is 24.0 Å². The van der Waals surface area contributed by atoms with Crippen LogP contribution in [0.25, 0.3) is 0 Å². The molecule has 1 aromatic rings. The van der Waals surface area contributed by atoms with Gasteiger partial charge in [0.25, 0.3) is 0 Å². The number of nitrogens with zero attached hydrogens (tertiary/aromatic N) is 2. The number of anilines is 1. The van der Waals surface area contributed by atoms with Crippen LogP contribution in [0.3, 0.4) is 0 Å². The maximum Gasteiger partial charge on any atom is 0.131 e. The first-order valence-electron chi connectivity index (χ1n) is 6.16. The van der Waals surface area contributed by atoms with E-state index in [1.165, 1.54) is 0 Å². The lowest BCUT2D eigenvalue weighted by atomic mass is 10.1. The van der Waals surface area contributed by atoms with Crippen molar-refractivity contribution in [3.05, 3.63) is 23.4 Å². The van der Waals surface area contributed by atoms with Gasteiger partial charge in [-0.05, 0) is 42.9 Å². The zero-order valence-electron chi connectivity index (χ0n) is 10.3. The lowest BCUT2D eigenvalue weighted by molar-refractivity contribution is 0.263. The highest BCUT2D eigenvalue weighted by molar-refractivity contribution is 5.48. The molecular weight excluding hydrogens is 216 g/mol. The summed E-state index contributed by atoms with van der Waals surface area (Å²) >= 11 is 0. The van der Waals surface area contributed by atoms with Crippen molar-refractivity contribution in [1.29, 1.82) is 0 Å². The van der Waals surface area contributed by atoms with E-state index in [2.05, 4.69) is 9.88 Å². The summed E-state index contributed by atoms with van der Waals surface area (Å²) in [4.78, 5) is 6.70. The fraction of sp³-hybridized carbons (Fsp3) is 0.615. The molecule has 0 aromatic carbocycles. The molecule has 0 spiro atoms. The van der Waals surface area contributed by atoms with E-state index in [0.717, 1.165) is 42.9 Å². The summed E-state index contributed by atoms with van der Waals surface area (Å²) in [6, 6.07) is 1.99. The predicted molar refractivity (Wildman–Crippen MR) is 66.9 cm³/mol. The Morgan fingerprint density at radius 3 is 2.94 bits per heavy atom. The molecule has 1 fully saturated rings. The first-order valence-corrected chi connectivity index (χ1v) is 6.16. The minimum Gasteiger partial charge on any atom is -0.396 e. The molecule has 2 rings (SSSR count). The number of pyridine rings is 1. The average molecular weight is 236 g/mol. The maximum absolute atomic E-state index is 9.05. The van der Waals surface area contributed by atoms with Crippen LogP contribution < -0.4 is 4.90 Å². The zero-order valence-corrected chi connectivity index (χ0v) is 10.3. The van der Waals surface area contributed by atoms with Crippen molar-refractivity contribution < 1.29 is 10.2 Å². The van der Waals surface area contributed by atoms with Crippen molar-refractivity contribution in [2.45, 2.75) is 26.4 Å². The van der Waals surface area contributed by atoms with E-state index >= 15 is 0 Å². The van der Waals surface area contributed by atoms with Crippen molar-refractivity contribution in [2.24, 2.45) is 5.92 Å². The molecule has 1 atom stereocenters. The second kappa shape index (κ2) is 5.47. The molecule has 94 valence electrons. The molecule has 0 aliphatic carbocycles. The Morgan fingerprint density at radius 1 is 1.47 bits per heavy atom. The van der Waals surface area contributed by atoms with Gasteiger partial charge in [0, 0.05) is 25.9 Å². The van der Waals surface area contributed by atoms with E-state index in [-0.39, 0.29) is 13.2 Å². The van der Waals surface area contributed by atoms with Crippen LogP contribution in [0, 0.1) is 12.8 Å². The Kier molecular flexibility index (Phi) is 3.97. The third-order valence-electron chi connectivity index (χ3n) is 3.41. The van der Waals surface area contributed by atoms with Crippen LogP contribution in [-0.2, 0) is 6.61 Å². The number of hydrogen-bond acceptors (Lipinski definition) is 4. The molecule has 2 N–H and O–H groups in total. The van der Waals surface area contributed by atoms with Gasteiger partial charge >= 0.3 is 0 Å². The summed E-state index contributed by atoms with van der Waals surface area (Å²) in [7, 11) is 0. The number of aromatic nitrogens is 1. The van der Waals surface area contributed by atoms with Crippen molar-refractivity contribution in [1.82, 2.24) is 4.98 Å². The van der Waals surface area contributed by atoms with E-state index in [1.807, 2.05) is 13.0 Å². The van der Waals surface area contributed by atoms with Crippen molar-refractivity contribution >= 4 is 5.82 Å². The quantitative estimate of drug-likeness (QED) is 0.821. The van der Waals surface area contributed by atoms with Gasteiger partial charge in [-0.15, -0.1) is 0 Å². The summed E-state index contributed by atoms with van der Waals surface area (Å²) in [5.74, 6) is 1.60. The summed E-state index contributed by atoms with van der Waals surface area (Å²) in [6.45, 7) is 4.33. The van der Waals surface area contributed by atoms with E-state index in [9.17, 15) is 0 Å². The molecule has 1 aliphatic heterocycles. The minimum absolute atomic E-state index is 0.0429. The largest absolute Gasteiger partial charge is 0.396 e. The molecule has 1 aliphatic rings. The summed E-state index contributed by atoms with van der Waals surface area (Å²) in [6.07, 6.45) is 3.75. The van der Waals surface area contributed by atoms with Gasteiger partial charge in [0.2, 0.25) is 0 Å². The third-order valence-corrected chi connectivity index (χ3v) is 3.41. The number of hydrogen-bond donors (Lipinski definition) is 2. The molecule has 2 heterocycles. The van der Waals surface area contributed by atoms with Gasteiger partial charge in [-0.2, -0.15) is 0 Å². The van der Waals surface area contributed by atoms with Gasteiger partial charge < -0.3 is 15.1 Å². The minimum atomic E-state index is 0.0429. The average Bonchev–Trinajstić information content (AvgIpc) is 2.78. The highest BCUT2D eigenvalue weighted by atomic mass is 16.3. The number of aliphatic hydroxyl groups is 2. The van der Waals surface area contributed by atoms with Gasteiger partial charge in [0.15, 0.2) is 0 Å². The normalized spacial score (nSPS) is 19.9. The second-order valence-electron chi connectivity index (χ2n) is 4.76. The molecule has 1 saturated heterocycles. The zero-order chi connectivity index (χ0) is 12.3. The van der Waals surface area contributed by atoms with Crippen molar-refractivity contribution in [2.75, 3.05) is 24.6 Å². The maximum atomic E-state index is 9.05. The summed E-state index contributed by atoms with van der Waals surface area (Å²) in [5.41, 5.74) is 1.97. The molecule has 0 saturated carbocycles. The smallest absolute Gasteiger partial charge is 0.131 e. The molecule has 4 nitrogen and oxygen atoms in total. The number of aryl methyl sites for hydroxylation is 1. The van der Waals surface area contributed by atoms with Crippen LogP contribution in [0.5, 0.6) is 0 Å². The lowest BCUT2D eigenvalue weighted by Crippen LogP contribution is -2.22. The Balaban J connectivity index is 2.08. The molecular formula is C13H20N2O2. The standard InChI is InChI=1S/C13H20N2O2/c1-10-6-12(9-17)7-14-13(10)15-4-2-11(8-15)3-5-16/h6-7,11,16-17H,2-5,8-9H2,1H3. The molecule has 4 heteroatoms. The Labute approximate surface area is 102 Å². The van der Waals surface area contributed by atoms with Gasteiger partial charge in [0.05, 0.1) is 6.61 Å². The SMILES string of the molecule is Cc1cc(CO)cnc1N1CCC(CCO)C1. The highest BCUT2D eigenvalue weighted by Crippen LogP contribution is 2.26. The van der Waals surface area contributed by atoms with Gasteiger partial charge in [-0.1, -0.05) is 0 Å². The van der Waals surface area contributed by atoms with E-state index in [0.29, 0.717) is 5.92 Å². The topological polar surface area (TPSA) is 56.6 Å². The van der Waals surface area contributed by atoms with E-state index in [1.54, 1.807) is 6.20 Å². The number of aliphatic hydroxyl groups excluding tert-OH is 2. The lowest BCUT2D eigenvalue weighted by Gasteiger charge is -2.20. The molecule has 1 aromatic heterocycles. The Hall–Kier alpha value is -1.13. The van der Waals surface area contributed by atoms with Crippen LogP contribution in [0.2, 0.25) is 0 Å². The first kappa shape index (κ1) is 12.3. The highest BCUT2D eigenvalue weighted by Gasteiger charge is 2.23. The predicted octanol–water partition coefficient (Wildman–Crippen LogP) is 1.09. The fourth-order valence-electron chi connectivity index (χ4n) is 2.49. The van der Waals surface area contributed by atoms with Crippen LogP contribution in [0.15, 0.2) is 12.3 Å². The monoisotopic (exact) mass is 236 g/mol. The fourth-order valence-corrected chi connectivity index (χ4v) is 2.49. The Morgan fingerprint density at radius 2 is 2.29 bits per heavy atom. The van der Waals surface area contributed by atoms with Crippen molar-refractivity contribution in [3.8, 4) is 0 Å². The molecule has 17 heavy (non-hydrogen) atoms. The summed E-state index contributed by atoms with van der Waals surface area (Å²) < 4.78 is 0. The molecule has 0 bridgehead atoms. The molecule has 0 amide bonds. The summed E-state index contributed by atoms with van der Waals surface area (Å²) in [5, 5.41) is 18.0. The second-order valence-corrected chi connectivity index (χ2v) is 4.76. The van der Waals surface area contributed by atoms with Gasteiger partial charge in [0.1, 0.15) is 5.82 Å². The van der Waals surface area contributed by atoms with Crippen LogP contribution >= 0.6 is 0 Å². The van der Waals surface area contributed by atoms with Gasteiger partial charge in [-0.25, -0.2) is 4.98 Å². The first-order chi connectivity index (χ1) is 8.24. The Bertz CT molecular complexity index is 382. The molecule has 1 unspecified atom stereocenters. The van der Waals surface area contributed by atoms with E-state index in [4.69, 9.17) is 10.2 Å². The van der Waals surface area contributed by atoms with Crippen LogP contribution in [0.4, 0.5) is 5.82 Å². The van der Waals surface area contributed by atoms with Crippen LogP contribution in [-0.4, -0.2) is 34.9 Å². The van der Waals surface area contributed by atoms with E-state index < -0.39 is 0 Å². The number of rotatable bonds is 4. The third kappa shape index (κ3) is 2.76. The van der Waals surface area contributed by atoms with Gasteiger partial charge in [-0.3, -0.25) is 0 Å².